The predicted molar refractivity (Wildman–Crippen MR) is 69.2 cm³/mol. The summed E-state index contributed by atoms with van der Waals surface area (Å²) < 4.78 is 0. The first kappa shape index (κ1) is 12.6. The molecule has 94 valence electrons. The summed E-state index contributed by atoms with van der Waals surface area (Å²) in [5.41, 5.74) is 0. The lowest BCUT2D eigenvalue weighted by atomic mass is 9.79. The summed E-state index contributed by atoms with van der Waals surface area (Å²) in [5.74, 6) is 0.826. The maximum Gasteiger partial charge on any atom is 0.261 e. The first-order chi connectivity index (χ1) is 8.31. The molecule has 2 rings (SSSR count). The van der Waals surface area contributed by atoms with E-state index >= 15 is 0 Å². The molecule has 17 heavy (non-hydrogen) atoms. The maximum atomic E-state index is 11.8. The molecule has 2 N–H and O–H groups in total. The van der Waals surface area contributed by atoms with E-state index in [9.17, 15) is 9.90 Å². The second-order valence-electron chi connectivity index (χ2n) is 4.67. The van der Waals surface area contributed by atoms with Gasteiger partial charge < -0.3 is 10.4 Å². The minimum atomic E-state index is 0.0160. The summed E-state index contributed by atoms with van der Waals surface area (Å²) in [6.07, 6.45) is 4.64. The van der Waals surface area contributed by atoms with Crippen LogP contribution in [-0.4, -0.2) is 24.2 Å². The van der Waals surface area contributed by atoms with Crippen LogP contribution in [0.15, 0.2) is 17.5 Å². The molecule has 3 nitrogen and oxygen atoms in total. The molecule has 1 amide bonds. The predicted octanol–water partition coefficient (Wildman–Crippen LogP) is 2.28. The molecule has 1 aliphatic carbocycles. The topological polar surface area (TPSA) is 49.3 Å². The molecule has 1 saturated carbocycles. The Kier molecular flexibility index (Phi) is 4.57. The number of thiophene rings is 1. The molecule has 0 spiro atoms. The summed E-state index contributed by atoms with van der Waals surface area (Å²) in [6, 6.07) is 3.72. The van der Waals surface area contributed by atoms with Gasteiger partial charge >= 0.3 is 0 Å². The molecule has 2 unspecified atom stereocenters. The van der Waals surface area contributed by atoms with Gasteiger partial charge in [-0.1, -0.05) is 18.9 Å². The van der Waals surface area contributed by atoms with Gasteiger partial charge in [0.1, 0.15) is 0 Å². The Morgan fingerprint density at radius 1 is 1.41 bits per heavy atom. The van der Waals surface area contributed by atoms with Crippen LogP contribution in [0.5, 0.6) is 0 Å². The number of amides is 1. The summed E-state index contributed by atoms with van der Waals surface area (Å²) >= 11 is 1.46. The lowest BCUT2D eigenvalue weighted by Crippen LogP contribution is -2.35. The van der Waals surface area contributed by atoms with Crippen LogP contribution in [0.1, 0.15) is 35.4 Å². The summed E-state index contributed by atoms with van der Waals surface area (Å²) in [5, 5.41) is 14.2. The molecule has 1 aliphatic rings. The van der Waals surface area contributed by atoms with Gasteiger partial charge in [-0.2, -0.15) is 0 Å². The van der Waals surface area contributed by atoms with Gasteiger partial charge in [0.05, 0.1) is 4.88 Å². The van der Waals surface area contributed by atoms with E-state index in [-0.39, 0.29) is 12.5 Å². The van der Waals surface area contributed by atoms with Crippen molar-refractivity contribution in [3.63, 3.8) is 0 Å². The lowest BCUT2D eigenvalue weighted by molar-refractivity contribution is 0.0913. The Balaban J connectivity index is 1.82. The molecule has 0 radical (unpaired) electrons. The van der Waals surface area contributed by atoms with E-state index in [1.165, 1.54) is 24.2 Å². The number of rotatable bonds is 4. The molecule has 0 saturated heterocycles. The Morgan fingerprint density at radius 2 is 2.18 bits per heavy atom. The first-order valence-electron chi connectivity index (χ1n) is 6.24. The fourth-order valence-corrected chi connectivity index (χ4v) is 3.15. The average Bonchev–Trinajstić information content (AvgIpc) is 2.90. The highest BCUT2D eigenvalue weighted by atomic mass is 32.1. The highest BCUT2D eigenvalue weighted by Gasteiger charge is 2.24. The van der Waals surface area contributed by atoms with Crippen molar-refractivity contribution < 1.29 is 9.90 Å². The number of carbonyl (C=O) groups is 1. The van der Waals surface area contributed by atoms with E-state index in [4.69, 9.17) is 0 Å². The Morgan fingerprint density at radius 3 is 2.82 bits per heavy atom. The lowest BCUT2D eigenvalue weighted by Gasteiger charge is -2.30. The molecule has 4 heteroatoms. The third-order valence-corrected chi connectivity index (χ3v) is 4.44. The molecule has 1 aromatic rings. The molecular weight excluding hydrogens is 234 g/mol. The highest BCUT2D eigenvalue weighted by Crippen LogP contribution is 2.29. The van der Waals surface area contributed by atoms with E-state index in [2.05, 4.69) is 5.32 Å². The standard InChI is InChI=1S/C13H19NO2S/c15-9-11-5-2-1-4-10(11)8-14-13(16)12-6-3-7-17-12/h3,6-7,10-11,15H,1-2,4-5,8-9H2,(H,14,16). The quantitative estimate of drug-likeness (QED) is 0.865. The van der Waals surface area contributed by atoms with Gasteiger partial charge in [0.25, 0.3) is 5.91 Å². The van der Waals surface area contributed by atoms with Gasteiger partial charge in [-0.05, 0) is 36.1 Å². The van der Waals surface area contributed by atoms with Crippen LogP contribution in [0.4, 0.5) is 0 Å². The van der Waals surface area contributed by atoms with E-state index < -0.39 is 0 Å². The van der Waals surface area contributed by atoms with Gasteiger partial charge in [0, 0.05) is 13.2 Å². The second kappa shape index (κ2) is 6.17. The van der Waals surface area contributed by atoms with Crippen LogP contribution < -0.4 is 5.32 Å². The molecule has 1 fully saturated rings. The fourth-order valence-electron chi connectivity index (χ4n) is 2.51. The van der Waals surface area contributed by atoms with Gasteiger partial charge in [0.15, 0.2) is 0 Å². The first-order valence-corrected chi connectivity index (χ1v) is 7.12. The Hall–Kier alpha value is -0.870. The van der Waals surface area contributed by atoms with Crippen LogP contribution >= 0.6 is 11.3 Å². The van der Waals surface area contributed by atoms with E-state index in [1.807, 2.05) is 17.5 Å². The van der Waals surface area contributed by atoms with Gasteiger partial charge in [-0.3, -0.25) is 4.79 Å². The number of aliphatic hydroxyl groups excluding tert-OH is 1. The van der Waals surface area contributed by atoms with Gasteiger partial charge in [0.2, 0.25) is 0 Å². The van der Waals surface area contributed by atoms with Crippen molar-refractivity contribution in [2.75, 3.05) is 13.2 Å². The number of hydrogen-bond donors (Lipinski definition) is 2. The number of carbonyl (C=O) groups excluding carboxylic acids is 1. The van der Waals surface area contributed by atoms with E-state index in [1.54, 1.807) is 0 Å². The fraction of sp³-hybridized carbons (Fsp3) is 0.615. The normalized spacial score (nSPS) is 24.5. The second-order valence-corrected chi connectivity index (χ2v) is 5.62. The largest absolute Gasteiger partial charge is 0.396 e. The van der Waals surface area contributed by atoms with Crippen LogP contribution in [0.25, 0.3) is 0 Å². The van der Waals surface area contributed by atoms with Crippen molar-refractivity contribution in [3.8, 4) is 0 Å². The van der Waals surface area contributed by atoms with E-state index in [0.29, 0.717) is 18.4 Å². The minimum absolute atomic E-state index is 0.0160. The molecular formula is C13H19NO2S. The summed E-state index contributed by atoms with van der Waals surface area (Å²) in [7, 11) is 0. The van der Waals surface area contributed by atoms with Gasteiger partial charge in [-0.25, -0.2) is 0 Å². The SMILES string of the molecule is O=C(NCC1CCCCC1CO)c1cccs1. The van der Waals surface area contributed by atoms with Crippen LogP contribution in [-0.2, 0) is 0 Å². The van der Waals surface area contributed by atoms with Gasteiger partial charge in [-0.15, -0.1) is 11.3 Å². The molecule has 0 aromatic carbocycles. The number of hydrogen-bond acceptors (Lipinski definition) is 3. The third-order valence-electron chi connectivity index (χ3n) is 3.57. The zero-order chi connectivity index (χ0) is 12.1. The van der Waals surface area contributed by atoms with Crippen molar-refractivity contribution in [1.82, 2.24) is 5.32 Å². The monoisotopic (exact) mass is 253 g/mol. The average molecular weight is 253 g/mol. The molecule has 1 aromatic heterocycles. The summed E-state index contributed by atoms with van der Waals surface area (Å²) in [4.78, 5) is 12.5. The molecule has 2 atom stereocenters. The van der Waals surface area contributed by atoms with Crippen LogP contribution in [0, 0.1) is 11.8 Å². The molecule has 1 heterocycles. The maximum absolute atomic E-state index is 11.8. The van der Waals surface area contributed by atoms with Crippen LogP contribution in [0.2, 0.25) is 0 Å². The zero-order valence-electron chi connectivity index (χ0n) is 9.89. The Bertz CT molecular complexity index is 350. The van der Waals surface area contributed by atoms with Crippen molar-refractivity contribution in [2.45, 2.75) is 25.7 Å². The van der Waals surface area contributed by atoms with Crippen molar-refractivity contribution >= 4 is 17.2 Å². The van der Waals surface area contributed by atoms with E-state index in [0.717, 1.165) is 17.7 Å². The number of nitrogens with one attached hydrogen (secondary N) is 1. The van der Waals surface area contributed by atoms with Crippen LogP contribution in [0.3, 0.4) is 0 Å². The summed E-state index contributed by atoms with van der Waals surface area (Å²) in [6.45, 7) is 0.946. The van der Waals surface area contributed by atoms with Crippen molar-refractivity contribution in [2.24, 2.45) is 11.8 Å². The molecule has 0 aliphatic heterocycles. The molecule has 0 bridgehead atoms. The Labute approximate surface area is 106 Å². The highest BCUT2D eigenvalue weighted by molar-refractivity contribution is 7.12. The van der Waals surface area contributed by atoms with Crippen molar-refractivity contribution in [3.05, 3.63) is 22.4 Å². The minimum Gasteiger partial charge on any atom is -0.396 e. The third kappa shape index (κ3) is 3.30. The smallest absolute Gasteiger partial charge is 0.261 e. The zero-order valence-corrected chi connectivity index (χ0v) is 10.7. The van der Waals surface area contributed by atoms with Crippen molar-refractivity contribution in [1.29, 1.82) is 0 Å². The number of aliphatic hydroxyl groups is 1.